The molecule has 1 heterocycles. The van der Waals surface area contributed by atoms with Crippen molar-refractivity contribution in [2.75, 3.05) is 5.32 Å². The Morgan fingerprint density at radius 1 is 1.11 bits per heavy atom. The molecule has 0 aliphatic heterocycles. The molecule has 3 N–H and O–H groups in total. The fourth-order valence-electron chi connectivity index (χ4n) is 3.73. The molecule has 1 fully saturated rings. The van der Waals surface area contributed by atoms with Gasteiger partial charge in [0.25, 0.3) is 0 Å². The molecule has 0 unspecified atom stereocenters. The van der Waals surface area contributed by atoms with E-state index in [1.807, 2.05) is 13.8 Å². The maximum absolute atomic E-state index is 13.4. The molecule has 0 radical (unpaired) electrons. The smallest absolute Gasteiger partial charge is 0.411 e. The van der Waals surface area contributed by atoms with Crippen molar-refractivity contribution < 1.29 is 27.5 Å². The van der Waals surface area contributed by atoms with Crippen LogP contribution in [0.1, 0.15) is 72.2 Å². The Labute approximate surface area is 222 Å². The van der Waals surface area contributed by atoms with Crippen LogP contribution in [0.15, 0.2) is 29.3 Å². The normalized spacial score (nSPS) is 17.9. The average molecular weight is 553 g/mol. The van der Waals surface area contributed by atoms with Crippen LogP contribution in [-0.4, -0.2) is 49.4 Å². The zero-order valence-corrected chi connectivity index (χ0v) is 23.9. The minimum absolute atomic E-state index is 0.00517. The first-order valence-corrected chi connectivity index (χ1v) is 14.5. The number of thiazole rings is 1. The predicted octanol–water partition coefficient (Wildman–Crippen LogP) is 5.22. The highest BCUT2D eigenvalue weighted by Gasteiger charge is 2.36. The number of hydrogen-bond acceptors (Lipinski definition) is 8. The van der Waals surface area contributed by atoms with Crippen molar-refractivity contribution >= 4 is 39.2 Å². The van der Waals surface area contributed by atoms with Gasteiger partial charge in [0.1, 0.15) is 6.10 Å². The molecule has 2 aromatic rings. The summed E-state index contributed by atoms with van der Waals surface area (Å²) >= 11 is 1.41. The number of ether oxygens (including phenoxy) is 2. The van der Waals surface area contributed by atoms with E-state index in [0.717, 1.165) is 5.01 Å². The van der Waals surface area contributed by atoms with Gasteiger partial charge < -0.3 is 14.8 Å². The number of carbonyl (C=O) groups is 2. The lowest BCUT2D eigenvalue weighted by Crippen LogP contribution is -2.40. The van der Waals surface area contributed by atoms with Gasteiger partial charge in [-0.2, -0.15) is 0 Å². The minimum atomic E-state index is -3.94. The van der Waals surface area contributed by atoms with Gasteiger partial charge in [-0.05, 0) is 73.4 Å². The number of hydrogen-bond donors (Lipinski definition) is 3. The first-order chi connectivity index (χ1) is 17.1. The third-order valence-corrected chi connectivity index (χ3v) is 8.21. The largest absolute Gasteiger partial charge is 0.447 e. The number of rotatable bonds is 8. The van der Waals surface area contributed by atoms with Gasteiger partial charge in [0, 0.05) is 34.9 Å². The van der Waals surface area contributed by atoms with Gasteiger partial charge in [0.15, 0.2) is 0 Å². The van der Waals surface area contributed by atoms with Gasteiger partial charge in [-0.3, -0.25) is 5.32 Å². The van der Waals surface area contributed by atoms with E-state index in [-0.39, 0.29) is 29.1 Å². The van der Waals surface area contributed by atoms with E-state index in [1.165, 1.54) is 17.4 Å². The molecular formula is C25H36N4O6S2. The molecule has 0 atom stereocenters. The number of nitrogens with one attached hydrogen (secondary N) is 3. The molecule has 3 rings (SSSR count). The fourth-order valence-corrected chi connectivity index (χ4v) is 6.54. The van der Waals surface area contributed by atoms with Crippen LogP contribution in [0.2, 0.25) is 0 Å². The van der Waals surface area contributed by atoms with Gasteiger partial charge in [0.05, 0.1) is 20.9 Å². The lowest BCUT2D eigenvalue weighted by atomic mass is 9.83. The highest BCUT2D eigenvalue weighted by atomic mass is 32.2. The Balaban J connectivity index is 1.83. The molecule has 37 heavy (non-hydrogen) atoms. The topological polar surface area (TPSA) is 136 Å². The lowest BCUT2D eigenvalue weighted by molar-refractivity contribution is 0.0383. The molecule has 0 spiro atoms. The summed E-state index contributed by atoms with van der Waals surface area (Å²) < 4.78 is 39.9. The Bertz CT molecular complexity index is 1230. The number of nitrogens with zero attached hydrogens (tertiary/aromatic N) is 1. The van der Waals surface area contributed by atoms with Crippen molar-refractivity contribution in [2.45, 2.75) is 95.9 Å². The van der Waals surface area contributed by atoms with Gasteiger partial charge in [-0.25, -0.2) is 27.7 Å². The van der Waals surface area contributed by atoms with Crippen LogP contribution in [0.3, 0.4) is 0 Å². The van der Waals surface area contributed by atoms with Crippen LogP contribution in [0.25, 0.3) is 10.4 Å². The van der Waals surface area contributed by atoms with Crippen LogP contribution in [0, 0.1) is 0 Å². The molecule has 1 aromatic carbocycles. The summed E-state index contributed by atoms with van der Waals surface area (Å²) in [4.78, 5) is 29.2. The molecule has 2 amide bonds. The maximum Gasteiger partial charge on any atom is 0.411 e. The number of amides is 2. The Hall–Kier alpha value is -2.70. The maximum atomic E-state index is 13.4. The monoisotopic (exact) mass is 552 g/mol. The van der Waals surface area contributed by atoms with Gasteiger partial charge >= 0.3 is 12.2 Å². The second-order valence-electron chi connectivity index (χ2n) is 10.7. The van der Waals surface area contributed by atoms with Gasteiger partial charge in [-0.1, -0.05) is 6.07 Å². The number of sulfonamides is 1. The third kappa shape index (κ3) is 8.14. The minimum Gasteiger partial charge on any atom is -0.447 e. The average Bonchev–Trinajstić information content (AvgIpc) is 3.16. The summed E-state index contributed by atoms with van der Waals surface area (Å²) in [5.74, 6) is 0.134. The number of aromatic nitrogens is 1. The second-order valence-corrected chi connectivity index (χ2v) is 13.4. The third-order valence-electron chi connectivity index (χ3n) is 5.21. The number of benzene rings is 1. The summed E-state index contributed by atoms with van der Waals surface area (Å²) in [6.45, 7) is 12.5. The van der Waals surface area contributed by atoms with E-state index in [2.05, 4.69) is 20.3 Å². The van der Waals surface area contributed by atoms with Crippen LogP contribution < -0.4 is 15.4 Å². The van der Waals surface area contributed by atoms with Crippen LogP contribution in [-0.2, 0) is 19.5 Å². The summed E-state index contributed by atoms with van der Waals surface area (Å²) in [6.07, 6.45) is 1.40. The predicted molar refractivity (Wildman–Crippen MR) is 143 cm³/mol. The van der Waals surface area contributed by atoms with Crippen LogP contribution in [0.5, 0.6) is 0 Å². The zero-order valence-electron chi connectivity index (χ0n) is 22.2. The summed E-state index contributed by atoms with van der Waals surface area (Å²) in [5.41, 5.74) is 0.0661. The van der Waals surface area contributed by atoms with E-state index in [0.29, 0.717) is 29.0 Å². The Kier molecular flexibility index (Phi) is 8.86. The summed E-state index contributed by atoms with van der Waals surface area (Å²) in [6, 6.07) is 4.71. The van der Waals surface area contributed by atoms with E-state index in [1.54, 1.807) is 52.9 Å². The highest BCUT2D eigenvalue weighted by molar-refractivity contribution is 7.89. The quantitative estimate of drug-likeness (QED) is 0.408. The summed E-state index contributed by atoms with van der Waals surface area (Å²) in [5, 5.41) is 6.16. The van der Waals surface area contributed by atoms with Crippen molar-refractivity contribution in [3.05, 3.63) is 29.4 Å². The molecule has 12 heteroatoms. The van der Waals surface area contributed by atoms with E-state index >= 15 is 0 Å². The molecule has 1 aromatic heterocycles. The zero-order chi connectivity index (χ0) is 27.5. The highest BCUT2D eigenvalue weighted by Crippen LogP contribution is 2.43. The Morgan fingerprint density at radius 2 is 1.78 bits per heavy atom. The van der Waals surface area contributed by atoms with Crippen LogP contribution >= 0.6 is 11.3 Å². The first kappa shape index (κ1) is 28.9. The number of anilines is 1. The Morgan fingerprint density at radius 3 is 2.38 bits per heavy atom. The molecule has 1 aliphatic carbocycles. The molecular weight excluding hydrogens is 516 g/mol. The van der Waals surface area contributed by atoms with Crippen molar-refractivity contribution in [1.82, 2.24) is 15.0 Å². The molecule has 1 aliphatic rings. The number of alkyl carbamates (subject to hydrolysis) is 1. The van der Waals surface area contributed by atoms with E-state index in [4.69, 9.17) is 9.47 Å². The van der Waals surface area contributed by atoms with Crippen molar-refractivity contribution in [3.63, 3.8) is 0 Å². The molecule has 1 saturated carbocycles. The standard InChI is InChI=1S/C25H36N4O6S2/c1-14(2)27-23(30)35-18-10-16(11-18)22-26-13-20(36-22)19-9-8-17(28-24(31)34-15(3)4)12-21(19)37(32,33)29-25(5,6)7/h8-9,12-16,18,29H,10-11H2,1-7H3,(H,27,30)(H,28,31)/t16-,18-. The first-order valence-electron chi connectivity index (χ1n) is 12.2. The molecule has 10 nitrogen and oxygen atoms in total. The second kappa shape index (κ2) is 11.4. The van der Waals surface area contributed by atoms with Crippen LogP contribution in [0.4, 0.5) is 15.3 Å². The molecule has 0 bridgehead atoms. The summed E-state index contributed by atoms with van der Waals surface area (Å²) in [7, 11) is -3.94. The number of carbonyl (C=O) groups excluding carboxylic acids is 2. The van der Waals surface area contributed by atoms with Crippen molar-refractivity contribution in [3.8, 4) is 10.4 Å². The van der Waals surface area contributed by atoms with Gasteiger partial charge in [0.2, 0.25) is 10.0 Å². The SMILES string of the molecule is CC(C)NC(=O)O[C@H]1C[C@H](c2ncc(-c3ccc(NC(=O)OC(C)C)cc3S(=O)(=O)NC(C)(C)C)s2)C1. The van der Waals surface area contributed by atoms with E-state index < -0.39 is 27.7 Å². The van der Waals surface area contributed by atoms with Crippen molar-refractivity contribution in [2.24, 2.45) is 0 Å². The fraction of sp³-hybridized carbons (Fsp3) is 0.560. The molecule has 0 saturated heterocycles. The van der Waals surface area contributed by atoms with E-state index in [9.17, 15) is 18.0 Å². The van der Waals surface area contributed by atoms with Crippen molar-refractivity contribution in [1.29, 1.82) is 0 Å². The van der Waals surface area contributed by atoms with Gasteiger partial charge in [-0.15, -0.1) is 11.3 Å². The lowest BCUT2D eigenvalue weighted by Gasteiger charge is -2.33. The molecule has 204 valence electrons.